The van der Waals surface area contributed by atoms with E-state index in [-0.39, 0.29) is 5.75 Å². The number of fused-ring (bicyclic) bond motifs is 1. The molecule has 5 heteroatoms. The summed E-state index contributed by atoms with van der Waals surface area (Å²) < 4.78 is 24.4. The van der Waals surface area contributed by atoms with Crippen LogP contribution in [0.25, 0.3) is 22.2 Å². The lowest BCUT2D eigenvalue weighted by Crippen LogP contribution is -1.94. The van der Waals surface area contributed by atoms with Crippen molar-refractivity contribution in [2.75, 3.05) is 14.2 Å². The van der Waals surface area contributed by atoms with Crippen LogP contribution in [0.1, 0.15) is 0 Å². The molecular formula is C17H14FNO3. The van der Waals surface area contributed by atoms with Crippen LogP contribution in [0.15, 0.2) is 42.5 Å². The highest BCUT2D eigenvalue weighted by Crippen LogP contribution is 2.41. The molecule has 4 nitrogen and oxygen atoms in total. The number of ether oxygens (including phenoxy) is 2. The normalized spacial score (nSPS) is 10.7. The number of aromatic hydroxyl groups is 1. The molecule has 22 heavy (non-hydrogen) atoms. The Hall–Kier alpha value is -2.82. The van der Waals surface area contributed by atoms with Crippen molar-refractivity contribution >= 4 is 10.9 Å². The first kappa shape index (κ1) is 14.1. The first-order valence-electron chi connectivity index (χ1n) is 6.65. The van der Waals surface area contributed by atoms with Crippen molar-refractivity contribution in [3.8, 4) is 28.5 Å². The van der Waals surface area contributed by atoms with Crippen LogP contribution in [0.2, 0.25) is 0 Å². The van der Waals surface area contributed by atoms with E-state index in [4.69, 9.17) is 9.47 Å². The number of nitrogens with zero attached hydrogens (tertiary/aromatic N) is 1. The quantitative estimate of drug-likeness (QED) is 0.800. The first-order chi connectivity index (χ1) is 10.7. The number of benzene rings is 2. The van der Waals surface area contributed by atoms with Crippen LogP contribution < -0.4 is 9.47 Å². The number of aromatic nitrogens is 1. The van der Waals surface area contributed by atoms with Crippen LogP contribution in [-0.2, 0) is 0 Å². The van der Waals surface area contributed by atoms with Gasteiger partial charge in [-0.05, 0) is 24.3 Å². The summed E-state index contributed by atoms with van der Waals surface area (Å²) in [6.07, 6.45) is 0. The molecule has 0 aliphatic rings. The second kappa shape index (κ2) is 5.52. The van der Waals surface area contributed by atoms with Crippen molar-refractivity contribution in [1.82, 2.24) is 4.98 Å². The van der Waals surface area contributed by atoms with E-state index in [1.54, 1.807) is 30.3 Å². The number of methoxy groups -OCH3 is 2. The van der Waals surface area contributed by atoms with Gasteiger partial charge in [-0.1, -0.05) is 12.1 Å². The van der Waals surface area contributed by atoms with Gasteiger partial charge >= 0.3 is 0 Å². The zero-order valence-corrected chi connectivity index (χ0v) is 12.1. The molecule has 2 aromatic carbocycles. The summed E-state index contributed by atoms with van der Waals surface area (Å²) in [4.78, 5) is 4.42. The number of hydrogen-bond acceptors (Lipinski definition) is 4. The van der Waals surface area contributed by atoms with Crippen LogP contribution in [0, 0.1) is 5.82 Å². The zero-order chi connectivity index (χ0) is 15.7. The van der Waals surface area contributed by atoms with Crippen molar-refractivity contribution in [1.29, 1.82) is 0 Å². The molecule has 1 aromatic heterocycles. The van der Waals surface area contributed by atoms with E-state index >= 15 is 0 Å². The number of halogens is 1. The van der Waals surface area contributed by atoms with Gasteiger partial charge in [-0.2, -0.15) is 0 Å². The SMILES string of the molecule is COc1ccc2nc(-c3ccccc3F)cc(O)c2c1OC. The summed E-state index contributed by atoms with van der Waals surface area (Å²) in [5.41, 5.74) is 1.18. The van der Waals surface area contributed by atoms with Crippen molar-refractivity contribution in [3.05, 3.63) is 48.3 Å². The van der Waals surface area contributed by atoms with E-state index in [9.17, 15) is 9.50 Å². The minimum absolute atomic E-state index is 0.0426. The fraction of sp³-hybridized carbons (Fsp3) is 0.118. The molecule has 3 rings (SSSR count). The molecule has 0 atom stereocenters. The van der Waals surface area contributed by atoms with Gasteiger partial charge < -0.3 is 14.6 Å². The van der Waals surface area contributed by atoms with Crippen LogP contribution in [0.3, 0.4) is 0 Å². The van der Waals surface area contributed by atoms with Crippen LogP contribution >= 0.6 is 0 Å². The predicted octanol–water partition coefficient (Wildman–Crippen LogP) is 3.76. The molecular weight excluding hydrogens is 285 g/mol. The van der Waals surface area contributed by atoms with Gasteiger partial charge in [0.15, 0.2) is 11.5 Å². The third-order valence-corrected chi connectivity index (χ3v) is 3.44. The molecule has 0 fully saturated rings. The summed E-state index contributed by atoms with van der Waals surface area (Å²) in [6.45, 7) is 0. The molecule has 112 valence electrons. The second-order valence-electron chi connectivity index (χ2n) is 4.70. The highest BCUT2D eigenvalue weighted by Gasteiger charge is 2.16. The standard InChI is InChI=1S/C17H14FNO3/c1-21-15-8-7-12-16(17(15)22-2)14(20)9-13(19-12)10-5-3-4-6-11(10)18/h3-9H,1-2H3,(H,19,20). The van der Waals surface area contributed by atoms with Crippen LogP contribution in [0.5, 0.6) is 17.2 Å². The second-order valence-corrected chi connectivity index (χ2v) is 4.70. The third kappa shape index (κ3) is 2.20. The summed E-state index contributed by atoms with van der Waals surface area (Å²) in [7, 11) is 3.00. The topological polar surface area (TPSA) is 51.6 Å². The molecule has 0 aliphatic carbocycles. The summed E-state index contributed by atoms with van der Waals surface area (Å²) in [5.74, 6) is 0.448. The van der Waals surface area contributed by atoms with Gasteiger partial charge in [0, 0.05) is 11.6 Å². The lowest BCUT2D eigenvalue weighted by atomic mass is 10.1. The van der Waals surface area contributed by atoms with Crippen molar-refractivity contribution in [3.63, 3.8) is 0 Å². The summed E-state index contributed by atoms with van der Waals surface area (Å²) in [5, 5.41) is 10.8. The zero-order valence-electron chi connectivity index (χ0n) is 12.1. The molecule has 0 amide bonds. The Morgan fingerprint density at radius 1 is 1.05 bits per heavy atom. The van der Waals surface area contributed by atoms with Gasteiger partial charge in [0.2, 0.25) is 0 Å². The van der Waals surface area contributed by atoms with Crippen molar-refractivity contribution < 1.29 is 19.0 Å². The molecule has 0 saturated carbocycles. The highest BCUT2D eigenvalue weighted by molar-refractivity contribution is 5.94. The van der Waals surface area contributed by atoms with E-state index < -0.39 is 5.82 Å². The van der Waals surface area contributed by atoms with E-state index in [2.05, 4.69) is 4.98 Å². The predicted molar refractivity (Wildman–Crippen MR) is 81.9 cm³/mol. The molecule has 0 unspecified atom stereocenters. The van der Waals surface area contributed by atoms with Crippen LogP contribution in [-0.4, -0.2) is 24.3 Å². The lowest BCUT2D eigenvalue weighted by Gasteiger charge is -2.13. The maximum Gasteiger partial charge on any atom is 0.173 e. The van der Waals surface area contributed by atoms with Gasteiger partial charge in [0.25, 0.3) is 0 Å². The minimum Gasteiger partial charge on any atom is -0.507 e. The monoisotopic (exact) mass is 299 g/mol. The van der Waals surface area contributed by atoms with Gasteiger partial charge in [-0.25, -0.2) is 9.37 Å². The summed E-state index contributed by atoms with van der Waals surface area (Å²) >= 11 is 0. The van der Waals surface area contributed by atoms with Gasteiger partial charge in [0.1, 0.15) is 11.6 Å². The molecule has 3 aromatic rings. The largest absolute Gasteiger partial charge is 0.507 e. The molecule has 0 aliphatic heterocycles. The maximum absolute atomic E-state index is 13.9. The fourth-order valence-electron chi connectivity index (χ4n) is 2.43. The minimum atomic E-state index is -0.394. The Kier molecular flexibility index (Phi) is 3.55. The van der Waals surface area contributed by atoms with E-state index in [1.807, 2.05) is 0 Å². The van der Waals surface area contributed by atoms with E-state index in [0.717, 1.165) is 0 Å². The maximum atomic E-state index is 13.9. The Morgan fingerprint density at radius 2 is 1.82 bits per heavy atom. The van der Waals surface area contributed by atoms with Gasteiger partial charge in [0.05, 0.1) is 30.8 Å². The Balaban J connectivity index is 2.29. The first-order valence-corrected chi connectivity index (χ1v) is 6.65. The van der Waals surface area contributed by atoms with Crippen molar-refractivity contribution in [2.45, 2.75) is 0 Å². The molecule has 0 bridgehead atoms. The van der Waals surface area contributed by atoms with Crippen LogP contribution in [0.4, 0.5) is 4.39 Å². The highest BCUT2D eigenvalue weighted by atomic mass is 19.1. The Morgan fingerprint density at radius 3 is 2.50 bits per heavy atom. The smallest absolute Gasteiger partial charge is 0.173 e. The van der Waals surface area contributed by atoms with Crippen molar-refractivity contribution in [2.24, 2.45) is 0 Å². The average Bonchev–Trinajstić information content (AvgIpc) is 2.54. The number of pyridine rings is 1. The lowest BCUT2D eigenvalue weighted by molar-refractivity contribution is 0.357. The average molecular weight is 299 g/mol. The summed E-state index contributed by atoms with van der Waals surface area (Å²) in [6, 6.07) is 11.1. The molecule has 0 radical (unpaired) electrons. The van der Waals surface area contributed by atoms with Gasteiger partial charge in [-0.15, -0.1) is 0 Å². The Labute approximate surface area is 126 Å². The molecule has 0 saturated heterocycles. The van der Waals surface area contributed by atoms with E-state index in [1.165, 1.54) is 26.4 Å². The third-order valence-electron chi connectivity index (χ3n) is 3.44. The fourth-order valence-corrected chi connectivity index (χ4v) is 2.43. The van der Waals surface area contributed by atoms with Gasteiger partial charge in [-0.3, -0.25) is 0 Å². The molecule has 0 spiro atoms. The molecule has 1 heterocycles. The Bertz CT molecular complexity index is 849. The number of hydrogen-bond donors (Lipinski definition) is 1. The van der Waals surface area contributed by atoms with E-state index in [0.29, 0.717) is 33.7 Å². The number of rotatable bonds is 3. The molecule has 1 N–H and O–H groups in total.